The molecule has 0 saturated carbocycles. The molecule has 0 radical (unpaired) electrons. The van der Waals surface area contributed by atoms with Gasteiger partial charge < -0.3 is 19.8 Å². The number of ether oxygens (including phenoxy) is 1. The fraction of sp³-hybridized carbons (Fsp3) is 0.500. The SMILES string of the molecule is CCN(CC)c1ccc([C@@H]2c3c([nH][nH]c3=O)C[C@@](C)(O)[C@@H]2C(=O)OC)cc1. The summed E-state index contributed by atoms with van der Waals surface area (Å²) in [7, 11) is 1.30. The Bertz CT molecular complexity index is 862. The van der Waals surface area contributed by atoms with Gasteiger partial charge in [-0.1, -0.05) is 12.1 Å². The Balaban J connectivity index is 2.13. The Kier molecular flexibility index (Phi) is 5.15. The highest BCUT2D eigenvalue weighted by Crippen LogP contribution is 2.44. The monoisotopic (exact) mass is 373 g/mol. The normalized spacial score (nSPS) is 24.3. The summed E-state index contributed by atoms with van der Waals surface area (Å²) in [5.41, 5.74) is 1.38. The van der Waals surface area contributed by atoms with Crippen molar-refractivity contribution < 1.29 is 14.6 Å². The highest BCUT2D eigenvalue weighted by Gasteiger charge is 2.51. The van der Waals surface area contributed by atoms with Crippen LogP contribution in [0.3, 0.4) is 0 Å². The second-order valence-electron chi connectivity index (χ2n) is 7.25. The molecule has 7 nitrogen and oxygen atoms in total. The number of hydrogen-bond acceptors (Lipinski definition) is 5. The lowest BCUT2D eigenvalue weighted by Gasteiger charge is -2.40. The van der Waals surface area contributed by atoms with E-state index >= 15 is 0 Å². The summed E-state index contributed by atoms with van der Waals surface area (Å²) < 4.78 is 4.98. The molecule has 0 saturated heterocycles. The Morgan fingerprint density at radius 3 is 2.44 bits per heavy atom. The van der Waals surface area contributed by atoms with Crippen molar-refractivity contribution in [2.45, 2.75) is 38.7 Å². The maximum atomic E-state index is 12.6. The molecular formula is C20H27N3O4. The van der Waals surface area contributed by atoms with E-state index in [1.807, 2.05) is 24.3 Å². The van der Waals surface area contributed by atoms with Gasteiger partial charge in [0.05, 0.1) is 18.6 Å². The lowest BCUT2D eigenvalue weighted by atomic mass is 9.66. The number of carbonyl (C=O) groups excluding carboxylic acids is 1. The molecule has 146 valence electrons. The average molecular weight is 373 g/mol. The summed E-state index contributed by atoms with van der Waals surface area (Å²) in [5.74, 6) is -1.98. The zero-order valence-corrected chi connectivity index (χ0v) is 16.2. The third-order valence-corrected chi connectivity index (χ3v) is 5.58. The lowest BCUT2D eigenvalue weighted by molar-refractivity contribution is -0.156. The predicted molar refractivity (Wildman–Crippen MR) is 103 cm³/mol. The molecule has 7 heteroatoms. The fourth-order valence-electron chi connectivity index (χ4n) is 4.22. The quantitative estimate of drug-likeness (QED) is 0.694. The van der Waals surface area contributed by atoms with Crippen LogP contribution in [0.25, 0.3) is 0 Å². The van der Waals surface area contributed by atoms with Gasteiger partial charge in [-0.2, -0.15) is 0 Å². The number of rotatable bonds is 5. The molecule has 0 bridgehead atoms. The van der Waals surface area contributed by atoms with Gasteiger partial charge in [0.15, 0.2) is 0 Å². The molecule has 0 spiro atoms. The van der Waals surface area contributed by atoms with Crippen LogP contribution in [0.2, 0.25) is 0 Å². The van der Waals surface area contributed by atoms with E-state index in [9.17, 15) is 14.7 Å². The standard InChI is InChI=1S/C20H27N3O4/c1-5-23(6-2)13-9-7-12(8-10-13)15-16-14(21-22-18(16)24)11-20(3,26)17(15)19(25)27-4/h7-10,15,17,26H,5-6,11H2,1-4H3,(H2,21,22,24)/t15-,17+,20-/m1/s1. The smallest absolute Gasteiger partial charge is 0.312 e. The number of aromatic nitrogens is 2. The summed E-state index contributed by atoms with van der Waals surface area (Å²) in [5, 5.41) is 16.4. The van der Waals surface area contributed by atoms with Crippen LogP contribution in [0.4, 0.5) is 5.69 Å². The Hall–Kier alpha value is -2.54. The summed E-state index contributed by atoms with van der Waals surface area (Å²) in [6.07, 6.45) is 0.175. The summed E-state index contributed by atoms with van der Waals surface area (Å²) in [6, 6.07) is 7.82. The van der Waals surface area contributed by atoms with Crippen molar-refractivity contribution in [2.24, 2.45) is 5.92 Å². The number of carbonyl (C=O) groups is 1. The van der Waals surface area contributed by atoms with Crippen molar-refractivity contribution in [3.8, 4) is 0 Å². The Labute approximate surface area is 158 Å². The van der Waals surface area contributed by atoms with Crippen LogP contribution in [-0.2, 0) is 16.0 Å². The number of aromatic amines is 2. The largest absolute Gasteiger partial charge is 0.469 e. The summed E-state index contributed by atoms with van der Waals surface area (Å²) in [4.78, 5) is 27.2. The van der Waals surface area contributed by atoms with Crippen molar-refractivity contribution in [3.63, 3.8) is 0 Å². The van der Waals surface area contributed by atoms with Crippen LogP contribution in [0.15, 0.2) is 29.1 Å². The molecule has 3 N–H and O–H groups in total. The second-order valence-corrected chi connectivity index (χ2v) is 7.25. The van der Waals surface area contributed by atoms with Gasteiger partial charge in [-0.05, 0) is 38.5 Å². The maximum absolute atomic E-state index is 12.6. The van der Waals surface area contributed by atoms with Crippen LogP contribution in [0, 0.1) is 5.92 Å². The molecule has 1 aliphatic rings. The predicted octanol–water partition coefficient (Wildman–Crippen LogP) is 1.78. The third-order valence-electron chi connectivity index (χ3n) is 5.58. The number of fused-ring (bicyclic) bond motifs is 1. The first kappa shape index (κ1) is 19.2. The van der Waals surface area contributed by atoms with Gasteiger partial charge in [0.1, 0.15) is 0 Å². The minimum Gasteiger partial charge on any atom is -0.469 e. The number of hydrogen-bond donors (Lipinski definition) is 3. The molecule has 0 unspecified atom stereocenters. The molecule has 2 aromatic rings. The highest BCUT2D eigenvalue weighted by atomic mass is 16.5. The van der Waals surface area contributed by atoms with Crippen molar-refractivity contribution in [3.05, 3.63) is 51.4 Å². The fourth-order valence-corrected chi connectivity index (χ4v) is 4.22. The van der Waals surface area contributed by atoms with Gasteiger partial charge in [0.25, 0.3) is 5.56 Å². The molecule has 3 rings (SSSR count). The van der Waals surface area contributed by atoms with Gasteiger partial charge in [-0.15, -0.1) is 0 Å². The Morgan fingerprint density at radius 2 is 1.89 bits per heavy atom. The molecule has 1 aliphatic carbocycles. The first-order chi connectivity index (χ1) is 12.8. The van der Waals surface area contributed by atoms with E-state index in [1.165, 1.54) is 7.11 Å². The minimum atomic E-state index is -1.34. The Morgan fingerprint density at radius 1 is 1.26 bits per heavy atom. The number of nitrogens with one attached hydrogen (secondary N) is 2. The topological polar surface area (TPSA) is 98.4 Å². The van der Waals surface area contributed by atoms with E-state index in [0.717, 1.165) is 24.3 Å². The van der Waals surface area contributed by atoms with Crippen molar-refractivity contribution >= 4 is 11.7 Å². The van der Waals surface area contributed by atoms with Gasteiger partial charge in [-0.3, -0.25) is 14.7 Å². The van der Waals surface area contributed by atoms with E-state index in [0.29, 0.717) is 11.3 Å². The summed E-state index contributed by atoms with van der Waals surface area (Å²) >= 11 is 0. The van der Waals surface area contributed by atoms with Crippen molar-refractivity contribution in [2.75, 3.05) is 25.1 Å². The van der Waals surface area contributed by atoms with Gasteiger partial charge >= 0.3 is 5.97 Å². The second kappa shape index (κ2) is 7.23. The first-order valence-electron chi connectivity index (χ1n) is 9.28. The van der Waals surface area contributed by atoms with Crippen molar-refractivity contribution in [1.82, 2.24) is 10.2 Å². The van der Waals surface area contributed by atoms with Crippen LogP contribution >= 0.6 is 0 Å². The highest BCUT2D eigenvalue weighted by molar-refractivity contribution is 5.77. The van der Waals surface area contributed by atoms with Crippen molar-refractivity contribution in [1.29, 1.82) is 0 Å². The number of methoxy groups -OCH3 is 1. The zero-order chi connectivity index (χ0) is 19.8. The maximum Gasteiger partial charge on any atom is 0.312 e. The molecule has 0 amide bonds. The molecular weight excluding hydrogens is 346 g/mol. The first-order valence-corrected chi connectivity index (χ1v) is 9.28. The molecule has 1 heterocycles. The number of anilines is 1. The van der Waals surface area contributed by atoms with E-state index in [2.05, 4.69) is 28.9 Å². The third kappa shape index (κ3) is 3.27. The molecule has 0 aliphatic heterocycles. The van der Waals surface area contributed by atoms with Crippen LogP contribution in [-0.4, -0.2) is 47.1 Å². The molecule has 3 atom stereocenters. The van der Waals surface area contributed by atoms with Gasteiger partial charge in [0, 0.05) is 42.4 Å². The van der Waals surface area contributed by atoms with Gasteiger partial charge in [-0.25, -0.2) is 0 Å². The minimum absolute atomic E-state index is 0.175. The molecule has 27 heavy (non-hydrogen) atoms. The number of esters is 1. The molecule has 1 aromatic carbocycles. The number of H-pyrrole nitrogens is 2. The van der Waals surface area contributed by atoms with Gasteiger partial charge in [0.2, 0.25) is 0 Å². The number of nitrogens with zero attached hydrogens (tertiary/aromatic N) is 1. The van der Waals surface area contributed by atoms with Crippen LogP contribution in [0.1, 0.15) is 43.5 Å². The van der Waals surface area contributed by atoms with E-state index < -0.39 is 23.4 Å². The van der Waals surface area contributed by atoms with E-state index in [4.69, 9.17) is 4.74 Å². The van der Waals surface area contributed by atoms with Crippen LogP contribution < -0.4 is 10.5 Å². The van der Waals surface area contributed by atoms with E-state index in [-0.39, 0.29) is 12.0 Å². The lowest BCUT2D eigenvalue weighted by Crippen LogP contribution is -2.49. The van der Waals surface area contributed by atoms with E-state index in [1.54, 1.807) is 6.92 Å². The summed E-state index contributed by atoms with van der Waals surface area (Å²) in [6.45, 7) is 7.57. The zero-order valence-electron chi connectivity index (χ0n) is 16.2. The average Bonchev–Trinajstić information content (AvgIpc) is 3.00. The van der Waals surface area contributed by atoms with Crippen LogP contribution in [0.5, 0.6) is 0 Å². The number of aliphatic hydroxyl groups is 1. The molecule has 1 aromatic heterocycles. The number of benzene rings is 1. The molecule has 0 fully saturated rings.